The lowest BCUT2D eigenvalue weighted by Crippen LogP contribution is -2.59. The molecule has 170 valence electrons. The van der Waals surface area contributed by atoms with Crippen LogP contribution in [0.4, 0.5) is 0 Å². The van der Waals surface area contributed by atoms with E-state index in [1.54, 1.807) is 13.8 Å². The quantitative estimate of drug-likeness (QED) is 0.514. The third kappa shape index (κ3) is 5.98. The topological polar surface area (TPSA) is 126 Å². The van der Waals surface area contributed by atoms with E-state index >= 15 is 0 Å². The molecule has 3 rings (SSSR count). The first-order valence-electron chi connectivity index (χ1n) is 9.27. The third-order valence-corrected chi connectivity index (χ3v) is 5.82. The molecule has 1 aromatic rings. The molecule has 12 heteroatoms. The molecule has 30 heavy (non-hydrogen) atoms. The second-order valence-corrected chi connectivity index (χ2v) is 11.3. The Labute approximate surface area is 177 Å². The van der Waals surface area contributed by atoms with Crippen molar-refractivity contribution in [1.82, 2.24) is 4.72 Å². The van der Waals surface area contributed by atoms with Gasteiger partial charge in [0.1, 0.15) is 24.9 Å². The van der Waals surface area contributed by atoms with Crippen molar-refractivity contribution >= 4 is 20.1 Å². The molecule has 2 aliphatic heterocycles. The molecule has 0 spiro atoms. The van der Waals surface area contributed by atoms with Crippen LogP contribution in [0.5, 0.6) is 0 Å². The van der Waals surface area contributed by atoms with Crippen molar-refractivity contribution in [2.24, 2.45) is 0 Å². The van der Waals surface area contributed by atoms with E-state index in [2.05, 4.69) is 4.72 Å². The molecule has 1 aromatic carbocycles. The number of sulfonamides is 1. The number of rotatable bonds is 9. The molecule has 0 unspecified atom stereocenters. The third-order valence-electron chi connectivity index (χ3n) is 4.56. The van der Waals surface area contributed by atoms with Crippen LogP contribution in [0.15, 0.2) is 30.3 Å². The van der Waals surface area contributed by atoms with E-state index in [-0.39, 0.29) is 6.61 Å². The van der Waals surface area contributed by atoms with E-state index in [1.807, 2.05) is 30.3 Å². The number of fused-ring (bicyclic) bond motifs is 1. The number of hydrogen-bond donors (Lipinski definition) is 1. The molecular weight excluding hydrogens is 438 g/mol. The van der Waals surface area contributed by atoms with Crippen LogP contribution in [-0.4, -0.2) is 72.4 Å². The van der Waals surface area contributed by atoms with Crippen LogP contribution >= 0.6 is 0 Å². The highest BCUT2D eigenvalue weighted by atomic mass is 32.2. The summed E-state index contributed by atoms with van der Waals surface area (Å²) < 4.78 is 78.0. The number of ether oxygens (including phenoxy) is 4. The van der Waals surface area contributed by atoms with Gasteiger partial charge in [-0.3, -0.25) is 4.18 Å². The van der Waals surface area contributed by atoms with Gasteiger partial charge in [0.2, 0.25) is 10.0 Å². The van der Waals surface area contributed by atoms with Crippen molar-refractivity contribution in [2.75, 3.05) is 25.7 Å². The predicted octanol–water partition coefficient (Wildman–Crippen LogP) is 0.344. The predicted molar refractivity (Wildman–Crippen MR) is 106 cm³/mol. The molecule has 0 saturated carbocycles. The Hall–Kier alpha value is -1.12. The summed E-state index contributed by atoms with van der Waals surface area (Å²) in [5, 5.41) is 0. The first-order valence-corrected chi connectivity index (χ1v) is 13.0. The van der Waals surface area contributed by atoms with Crippen molar-refractivity contribution in [3.63, 3.8) is 0 Å². The zero-order valence-corrected chi connectivity index (χ0v) is 18.9. The van der Waals surface area contributed by atoms with E-state index in [1.165, 1.54) is 0 Å². The molecular formula is C18H27NO9S2. The summed E-state index contributed by atoms with van der Waals surface area (Å²) in [6, 6.07) is 9.49. The van der Waals surface area contributed by atoms with Crippen LogP contribution in [0, 0.1) is 0 Å². The van der Waals surface area contributed by atoms with Crippen LogP contribution in [0.25, 0.3) is 0 Å². The summed E-state index contributed by atoms with van der Waals surface area (Å²) >= 11 is 0. The van der Waals surface area contributed by atoms with Gasteiger partial charge in [-0.1, -0.05) is 30.3 Å². The fraction of sp³-hybridized carbons (Fsp3) is 0.667. The fourth-order valence-electron chi connectivity index (χ4n) is 3.56. The van der Waals surface area contributed by atoms with Crippen molar-refractivity contribution in [3.05, 3.63) is 35.9 Å². The van der Waals surface area contributed by atoms with Gasteiger partial charge in [0.15, 0.2) is 11.5 Å². The monoisotopic (exact) mass is 465 g/mol. The molecule has 10 nitrogen and oxygen atoms in total. The smallest absolute Gasteiger partial charge is 0.264 e. The van der Waals surface area contributed by atoms with Gasteiger partial charge >= 0.3 is 0 Å². The van der Waals surface area contributed by atoms with Gasteiger partial charge in [0.25, 0.3) is 10.1 Å². The van der Waals surface area contributed by atoms with E-state index in [0.717, 1.165) is 18.1 Å². The zero-order chi connectivity index (χ0) is 22.2. The second-order valence-electron chi connectivity index (χ2n) is 7.91. The van der Waals surface area contributed by atoms with E-state index < -0.39 is 56.6 Å². The van der Waals surface area contributed by atoms with Gasteiger partial charge < -0.3 is 18.9 Å². The summed E-state index contributed by atoms with van der Waals surface area (Å²) in [5.41, 5.74) is -0.840. The molecule has 0 bridgehead atoms. The molecule has 0 amide bonds. The van der Waals surface area contributed by atoms with Crippen LogP contribution in [0.1, 0.15) is 19.4 Å². The van der Waals surface area contributed by atoms with Gasteiger partial charge in [-0.2, -0.15) is 13.1 Å². The van der Waals surface area contributed by atoms with E-state index in [4.69, 9.17) is 23.1 Å². The Morgan fingerprint density at radius 3 is 2.30 bits per heavy atom. The highest BCUT2D eigenvalue weighted by Gasteiger charge is 2.64. The van der Waals surface area contributed by atoms with Crippen molar-refractivity contribution in [2.45, 2.75) is 50.3 Å². The Balaban J connectivity index is 1.82. The normalized spacial score (nSPS) is 31.0. The molecule has 0 aromatic heterocycles. The van der Waals surface area contributed by atoms with E-state index in [0.29, 0.717) is 6.61 Å². The Morgan fingerprint density at radius 1 is 1.03 bits per heavy atom. The summed E-state index contributed by atoms with van der Waals surface area (Å²) in [7, 11) is -7.70. The van der Waals surface area contributed by atoms with Crippen LogP contribution in [0.2, 0.25) is 0 Å². The van der Waals surface area contributed by atoms with Gasteiger partial charge in [-0.15, -0.1) is 0 Å². The summed E-state index contributed by atoms with van der Waals surface area (Å²) in [6.07, 6.45) is -0.571. The van der Waals surface area contributed by atoms with Crippen LogP contribution < -0.4 is 4.72 Å². The van der Waals surface area contributed by atoms with Gasteiger partial charge in [0.05, 0.1) is 25.7 Å². The second kappa shape index (κ2) is 8.43. The SMILES string of the molecule is CC1(C)O[C@H]2[C@@H](O1)[C@](COS(C)(=O)=O)(NS(C)(=O)=O)O[C@@H]2COCc1ccccc1. The number of nitrogens with one attached hydrogen (secondary N) is 1. The molecule has 0 aliphatic carbocycles. The lowest BCUT2D eigenvalue weighted by molar-refractivity contribution is -0.222. The van der Waals surface area contributed by atoms with E-state index in [9.17, 15) is 16.8 Å². The largest absolute Gasteiger partial charge is 0.374 e. The number of benzene rings is 1. The maximum Gasteiger partial charge on any atom is 0.264 e. The molecule has 1 N–H and O–H groups in total. The summed E-state index contributed by atoms with van der Waals surface area (Å²) in [5.74, 6) is -1.04. The lowest BCUT2D eigenvalue weighted by atomic mass is 10.0. The number of hydrogen-bond acceptors (Lipinski definition) is 9. The molecule has 2 saturated heterocycles. The molecule has 2 aliphatic rings. The average Bonchev–Trinajstić information content (AvgIpc) is 3.05. The standard InChI is InChI=1S/C18H27NO9S2/c1-17(2)27-15-14(11-24-10-13-8-6-5-7-9-13)26-18(16(15)28-17,19-29(3,20)21)12-25-30(4,22)23/h5-9,14-16,19H,10-12H2,1-4H3/t14-,15-,16-,18-/m1/s1. The minimum atomic E-state index is -3.88. The lowest BCUT2D eigenvalue weighted by Gasteiger charge is -2.34. The fourth-order valence-corrected chi connectivity index (χ4v) is 4.80. The maximum atomic E-state index is 12.0. The minimum absolute atomic E-state index is 0.0710. The highest BCUT2D eigenvalue weighted by molar-refractivity contribution is 7.88. The van der Waals surface area contributed by atoms with Gasteiger partial charge in [0, 0.05) is 0 Å². The Morgan fingerprint density at radius 2 is 1.70 bits per heavy atom. The van der Waals surface area contributed by atoms with Gasteiger partial charge in [-0.25, -0.2) is 8.42 Å². The van der Waals surface area contributed by atoms with Crippen molar-refractivity contribution in [1.29, 1.82) is 0 Å². The maximum absolute atomic E-state index is 12.0. The Bertz CT molecular complexity index is 949. The van der Waals surface area contributed by atoms with Crippen molar-refractivity contribution in [3.8, 4) is 0 Å². The van der Waals surface area contributed by atoms with Crippen molar-refractivity contribution < 1.29 is 40.0 Å². The molecule has 4 atom stereocenters. The first-order chi connectivity index (χ1) is 13.8. The first kappa shape index (κ1) is 23.5. The van der Waals surface area contributed by atoms with Gasteiger partial charge in [-0.05, 0) is 19.4 Å². The molecule has 2 fully saturated rings. The van der Waals surface area contributed by atoms with Crippen LogP contribution in [0.3, 0.4) is 0 Å². The molecule has 0 radical (unpaired) electrons. The molecule has 2 heterocycles. The Kier molecular flexibility index (Phi) is 6.62. The van der Waals surface area contributed by atoms with Crippen LogP contribution in [-0.2, 0) is 49.9 Å². The zero-order valence-electron chi connectivity index (χ0n) is 17.2. The summed E-state index contributed by atoms with van der Waals surface area (Å²) in [6.45, 7) is 3.12. The summed E-state index contributed by atoms with van der Waals surface area (Å²) in [4.78, 5) is 0. The highest BCUT2D eigenvalue weighted by Crippen LogP contribution is 2.43. The minimum Gasteiger partial charge on any atom is -0.374 e. The average molecular weight is 466 g/mol.